The third-order valence-electron chi connectivity index (χ3n) is 3.91. The third-order valence-corrected chi connectivity index (χ3v) is 5.54. The first-order valence-corrected chi connectivity index (χ1v) is 9.75. The van der Waals surface area contributed by atoms with Crippen LogP contribution in [0.4, 0.5) is 0 Å². The Hall–Kier alpha value is -2.21. The van der Waals surface area contributed by atoms with Crippen molar-refractivity contribution in [1.82, 2.24) is 0 Å². The highest BCUT2D eigenvalue weighted by Gasteiger charge is 2.13. The molecule has 2 aromatic carbocycles. The van der Waals surface area contributed by atoms with Crippen LogP contribution in [-0.2, 0) is 19.4 Å². The first-order chi connectivity index (χ1) is 13.1. The third kappa shape index (κ3) is 5.16. The van der Waals surface area contributed by atoms with E-state index in [1.54, 1.807) is 12.1 Å². The average Bonchev–Trinajstić information content (AvgIpc) is 3.14. The number of nitrogens with zero attached hydrogens (tertiary/aromatic N) is 1. The number of carbonyl (C=O) groups is 1. The number of halogens is 2. The van der Waals surface area contributed by atoms with E-state index in [-0.39, 0.29) is 0 Å². The topological polar surface area (TPSA) is 55.7 Å². The van der Waals surface area contributed by atoms with Crippen LogP contribution in [0.2, 0.25) is 10.0 Å². The molecule has 0 aliphatic rings. The quantitative estimate of drug-likeness (QED) is 0.420. The first-order valence-electron chi connectivity index (χ1n) is 8.18. The molecule has 4 nitrogen and oxygen atoms in total. The predicted molar refractivity (Wildman–Crippen MR) is 109 cm³/mol. The molecule has 27 heavy (non-hydrogen) atoms. The molecule has 0 fully saturated rings. The van der Waals surface area contributed by atoms with Crippen molar-refractivity contribution in [3.63, 3.8) is 0 Å². The number of amides is 1. The van der Waals surface area contributed by atoms with Crippen molar-refractivity contribution in [2.75, 3.05) is 0 Å². The zero-order chi connectivity index (χ0) is 19.2. The Balaban J connectivity index is 1.74. The fourth-order valence-corrected chi connectivity index (χ4v) is 4.09. The lowest BCUT2D eigenvalue weighted by Gasteiger charge is -2.14. The highest BCUT2D eigenvalue weighted by atomic mass is 35.5. The maximum absolute atomic E-state index is 11.3. The maximum atomic E-state index is 11.3. The van der Waals surface area contributed by atoms with Gasteiger partial charge in [0.1, 0.15) is 12.4 Å². The molecule has 7 heteroatoms. The van der Waals surface area contributed by atoms with E-state index >= 15 is 0 Å². The predicted octanol–water partition coefficient (Wildman–Crippen LogP) is 6.33. The highest BCUT2D eigenvalue weighted by Crippen LogP contribution is 2.34. The second-order valence-corrected chi connectivity index (χ2v) is 7.82. The summed E-state index contributed by atoms with van der Waals surface area (Å²) in [5.74, 6) is -0.142. The number of rotatable bonds is 7. The Morgan fingerprint density at radius 1 is 1.04 bits per heavy atom. The Morgan fingerprint density at radius 2 is 1.81 bits per heavy atom. The molecule has 3 aromatic rings. The number of nitroso groups, excluding NO2 is 1. The molecular weight excluding hydrogens is 405 g/mol. The lowest BCUT2D eigenvalue weighted by Crippen LogP contribution is -2.01. The molecule has 0 atom stereocenters. The van der Waals surface area contributed by atoms with E-state index in [1.807, 2.05) is 42.5 Å². The van der Waals surface area contributed by atoms with Gasteiger partial charge in [-0.3, -0.25) is 4.79 Å². The molecule has 0 aliphatic carbocycles. The van der Waals surface area contributed by atoms with E-state index in [0.717, 1.165) is 16.0 Å². The monoisotopic (exact) mass is 419 g/mol. The van der Waals surface area contributed by atoms with E-state index in [0.29, 0.717) is 40.1 Å². The highest BCUT2D eigenvalue weighted by molar-refractivity contribution is 7.14. The molecule has 0 spiro atoms. The first kappa shape index (κ1) is 19.5. The van der Waals surface area contributed by atoms with Crippen LogP contribution in [0, 0.1) is 4.91 Å². The minimum Gasteiger partial charge on any atom is -0.487 e. The van der Waals surface area contributed by atoms with Crippen LogP contribution in [0.25, 0.3) is 0 Å². The van der Waals surface area contributed by atoms with Gasteiger partial charge in [0.2, 0.25) is 0 Å². The van der Waals surface area contributed by atoms with Gasteiger partial charge < -0.3 is 4.74 Å². The lowest BCUT2D eigenvalue weighted by molar-refractivity contribution is 0.100. The van der Waals surface area contributed by atoms with Gasteiger partial charge in [-0.15, -0.1) is 16.2 Å². The minimum absolute atomic E-state index is 0.338. The van der Waals surface area contributed by atoms with Crippen molar-refractivity contribution in [2.45, 2.75) is 19.4 Å². The summed E-state index contributed by atoms with van der Waals surface area (Å²) in [6, 6.07) is 16.7. The largest absolute Gasteiger partial charge is 0.487 e. The maximum Gasteiger partial charge on any atom is 0.326 e. The Bertz CT molecular complexity index is 957. The zero-order valence-corrected chi connectivity index (χ0v) is 16.5. The summed E-state index contributed by atoms with van der Waals surface area (Å²) < 4.78 is 5.96. The van der Waals surface area contributed by atoms with Crippen molar-refractivity contribution >= 4 is 40.4 Å². The Labute approximate surface area is 170 Å². The normalized spacial score (nSPS) is 10.6. The second kappa shape index (κ2) is 9.13. The van der Waals surface area contributed by atoms with Gasteiger partial charge in [-0.1, -0.05) is 53.5 Å². The number of carbonyl (C=O) groups excluding carboxylic acids is 1. The fourth-order valence-electron chi connectivity index (χ4n) is 2.62. The number of thiophene rings is 1. The summed E-state index contributed by atoms with van der Waals surface area (Å²) in [5.41, 5.74) is 1.93. The smallest absolute Gasteiger partial charge is 0.326 e. The summed E-state index contributed by atoms with van der Waals surface area (Å²) in [6.07, 6.45) is 1.29. The summed E-state index contributed by atoms with van der Waals surface area (Å²) in [4.78, 5) is 23.0. The molecule has 1 amide bonds. The summed E-state index contributed by atoms with van der Waals surface area (Å²) in [7, 11) is 0. The average molecular weight is 420 g/mol. The van der Waals surface area contributed by atoms with Crippen molar-refractivity contribution in [3.8, 4) is 5.75 Å². The van der Waals surface area contributed by atoms with Crippen LogP contribution in [0.1, 0.15) is 25.7 Å². The fraction of sp³-hybridized carbons (Fsp3) is 0.150. The van der Waals surface area contributed by atoms with Gasteiger partial charge in [0.15, 0.2) is 0 Å². The number of hydrogen-bond donors (Lipinski definition) is 0. The molecule has 0 aliphatic heterocycles. The van der Waals surface area contributed by atoms with E-state index in [4.69, 9.17) is 27.9 Å². The number of aryl methyl sites for hydroxylation is 2. The summed E-state index contributed by atoms with van der Waals surface area (Å²) >= 11 is 13.8. The van der Waals surface area contributed by atoms with Gasteiger partial charge in [-0.2, -0.15) is 0 Å². The van der Waals surface area contributed by atoms with E-state index in [1.165, 1.54) is 11.3 Å². The molecule has 0 N–H and O–H groups in total. The van der Waals surface area contributed by atoms with E-state index < -0.39 is 5.91 Å². The SMILES string of the molecule is O=NC(=O)c1ccc(CCc2cc(Cl)cc(Cl)c2OCc2ccccc2)s1. The zero-order valence-electron chi connectivity index (χ0n) is 14.2. The molecule has 138 valence electrons. The van der Waals surface area contributed by atoms with E-state index in [9.17, 15) is 9.70 Å². The summed E-state index contributed by atoms with van der Waals surface area (Å²) in [5, 5.41) is 3.44. The van der Waals surface area contributed by atoms with Crippen molar-refractivity contribution < 1.29 is 9.53 Å². The van der Waals surface area contributed by atoms with Crippen LogP contribution in [0.3, 0.4) is 0 Å². The number of benzene rings is 2. The van der Waals surface area contributed by atoms with E-state index in [2.05, 4.69) is 5.18 Å². The van der Waals surface area contributed by atoms with Crippen molar-refractivity contribution in [3.05, 3.63) is 90.4 Å². The molecule has 0 saturated heterocycles. The Morgan fingerprint density at radius 3 is 2.56 bits per heavy atom. The van der Waals surface area contributed by atoms with Crippen LogP contribution in [0.5, 0.6) is 5.75 Å². The van der Waals surface area contributed by atoms with Gasteiger partial charge in [0, 0.05) is 15.1 Å². The van der Waals surface area contributed by atoms with Crippen LogP contribution in [-0.4, -0.2) is 5.91 Å². The summed E-state index contributed by atoms with van der Waals surface area (Å²) in [6.45, 7) is 0.401. The van der Waals surface area contributed by atoms with Gasteiger partial charge in [0.25, 0.3) is 0 Å². The molecule has 0 bridgehead atoms. The minimum atomic E-state index is -0.746. The van der Waals surface area contributed by atoms with Crippen molar-refractivity contribution in [2.24, 2.45) is 5.18 Å². The van der Waals surface area contributed by atoms with Crippen molar-refractivity contribution in [1.29, 1.82) is 0 Å². The number of hydrogen-bond acceptors (Lipinski definition) is 4. The van der Waals surface area contributed by atoms with Crippen LogP contribution >= 0.6 is 34.5 Å². The number of ether oxygens (including phenoxy) is 1. The molecule has 0 saturated carbocycles. The molecule has 1 aromatic heterocycles. The van der Waals surface area contributed by atoms with Gasteiger partial charge in [0.05, 0.1) is 9.90 Å². The van der Waals surface area contributed by atoms with Gasteiger partial charge >= 0.3 is 5.91 Å². The molecule has 1 heterocycles. The molecule has 3 rings (SSSR count). The van der Waals surface area contributed by atoms with Crippen LogP contribution in [0.15, 0.2) is 59.8 Å². The second-order valence-electron chi connectivity index (χ2n) is 5.81. The van der Waals surface area contributed by atoms with Gasteiger partial charge in [-0.25, -0.2) is 0 Å². The Kier molecular flexibility index (Phi) is 6.61. The molecule has 0 unspecified atom stereocenters. The molecule has 0 radical (unpaired) electrons. The molecular formula is C20H15Cl2NO3S. The van der Waals surface area contributed by atoms with Gasteiger partial charge in [-0.05, 0) is 48.2 Å². The standard InChI is InChI=1S/C20H15Cl2NO3S/c21-15-10-14(6-7-16-8-9-18(27-16)20(24)23-25)19(17(22)11-15)26-12-13-4-2-1-3-5-13/h1-5,8-11H,6-7,12H2. The lowest BCUT2D eigenvalue weighted by atomic mass is 10.1. The van der Waals surface area contributed by atoms with Crippen LogP contribution < -0.4 is 4.74 Å².